The van der Waals surface area contributed by atoms with Crippen LogP contribution in [0.15, 0.2) is 41.8 Å². The third-order valence-electron chi connectivity index (χ3n) is 4.14. The van der Waals surface area contributed by atoms with Gasteiger partial charge >= 0.3 is 0 Å². The molecule has 0 aliphatic rings. The maximum Gasteiger partial charge on any atom is 0.225 e. The number of benzene rings is 1. The van der Waals surface area contributed by atoms with Crippen LogP contribution in [0.1, 0.15) is 30.3 Å². The predicted molar refractivity (Wildman–Crippen MR) is 99.7 cm³/mol. The molecule has 0 aliphatic heterocycles. The first-order chi connectivity index (χ1) is 11.7. The second-order valence-electron chi connectivity index (χ2n) is 5.57. The number of nitrogens with one attached hydrogen (secondary N) is 1. The first-order valence-corrected chi connectivity index (χ1v) is 9.23. The van der Waals surface area contributed by atoms with Crippen LogP contribution in [0.2, 0.25) is 0 Å². The summed E-state index contributed by atoms with van der Waals surface area (Å²) in [6, 6.07) is 12.2. The van der Waals surface area contributed by atoms with Gasteiger partial charge in [0.25, 0.3) is 0 Å². The highest BCUT2D eigenvalue weighted by Gasteiger charge is 2.19. The Bertz CT molecular complexity index is 624. The molecule has 0 radical (unpaired) electrons. The van der Waals surface area contributed by atoms with Gasteiger partial charge in [-0.1, -0.05) is 32.0 Å². The fourth-order valence-corrected chi connectivity index (χ4v) is 3.52. The SMILES string of the molecule is CCN(CC)C(CNC(=O)Cc1cccs1)c1cccc(OC)c1. The normalized spacial score (nSPS) is 12.2. The van der Waals surface area contributed by atoms with E-state index in [0.29, 0.717) is 13.0 Å². The van der Waals surface area contributed by atoms with Gasteiger partial charge in [-0.25, -0.2) is 0 Å². The number of thiophene rings is 1. The van der Waals surface area contributed by atoms with E-state index in [1.165, 1.54) is 0 Å². The molecule has 1 atom stereocenters. The molecule has 1 amide bonds. The molecule has 1 aromatic carbocycles. The number of amides is 1. The van der Waals surface area contributed by atoms with Crippen molar-refractivity contribution < 1.29 is 9.53 Å². The van der Waals surface area contributed by atoms with Crippen LogP contribution in [0.5, 0.6) is 5.75 Å². The summed E-state index contributed by atoms with van der Waals surface area (Å²) >= 11 is 1.61. The Morgan fingerprint density at radius 2 is 2.04 bits per heavy atom. The van der Waals surface area contributed by atoms with Crippen molar-refractivity contribution in [1.29, 1.82) is 0 Å². The van der Waals surface area contributed by atoms with Gasteiger partial charge in [0.2, 0.25) is 5.91 Å². The highest BCUT2D eigenvalue weighted by atomic mass is 32.1. The minimum absolute atomic E-state index is 0.0671. The van der Waals surface area contributed by atoms with Crippen LogP contribution >= 0.6 is 11.3 Å². The number of rotatable bonds is 9. The van der Waals surface area contributed by atoms with Crippen LogP contribution < -0.4 is 10.1 Å². The van der Waals surface area contributed by atoms with Gasteiger partial charge in [0.1, 0.15) is 5.75 Å². The van der Waals surface area contributed by atoms with Gasteiger partial charge in [-0.05, 0) is 42.2 Å². The summed E-state index contributed by atoms with van der Waals surface area (Å²) in [5.74, 6) is 0.909. The predicted octanol–water partition coefficient (Wildman–Crippen LogP) is 3.50. The molecule has 0 fully saturated rings. The van der Waals surface area contributed by atoms with Crippen molar-refractivity contribution in [1.82, 2.24) is 10.2 Å². The molecule has 5 heteroatoms. The Balaban J connectivity index is 2.06. The number of nitrogens with zero attached hydrogens (tertiary/aromatic N) is 1. The molecular formula is C19H26N2O2S. The summed E-state index contributed by atoms with van der Waals surface area (Å²) in [5.41, 5.74) is 1.16. The average molecular weight is 346 g/mol. The molecule has 0 saturated carbocycles. The molecule has 2 rings (SSSR count). The highest BCUT2D eigenvalue weighted by Crippen LogP contribution is 2.23. The number of hydrogen-bond donors (Lipinski definition) is 1. The maximum absolute atomic E-state index is 12.2. The fraction of sp³-hybridized carbons (Fsp3) is 0.421. The van der Waals surface area contributed by atoms with Gasteiger partial charge in [0.05, 0.1) is 19.6 Å². The molecule has 0 bridgehead atoms. The van der Waals surface area contributed by atoms with Crippen LogP contribution in [0, 0.1) is 0 Å². The number of carbonyl (C=O) groups excluding carboxylic acids is 1. The van der Waals surface area contributed by atoms with Gasteiger partial charge in [-0.3, -0.25) is 9.69 Å². The molecule has 1 aromatic heterocycles. The smallest absolute Gasteiger partial charge is 0.225 e. The lowest BCUT2D eigenvalue weighted by Gasteiger charge is -2.30. The first-order valence-electron chi connectivity index (χ1n) is 8.35. The second kappa shape index (κ2) is 9.45. The zero-order valence-corrected chi connectivity index (χ0v) is 15.4. The van der Waals surface area contributed by atoms with Crippen LogP contribution in [0.25, 0.3) is 0 Å². The van der Waals surface area contributed by atoms with E-state index in [1.54, 1.807) is 18.4 Å². The van der Waals surface area contributed by atoms with Crippen molar-refractivity contribution in [3.63, 3.8) is 0 Å². The lowest BCUT2D eigenvalue weighted by Crippen LogP contribution is -2.38. The van der Waals surface area contributed by atoms with Crippen molar-refractivity contribution in [3.8, 4) is 5.75 Å². The lowest BCUT2D eigenvalue weighted by atomic mass is 10.0. The van der Waals surface area contributed by atoms with Gasteiger partial charge in [-0.2, -0.15) is 0 Å². The molecule has 0 saturated heterocycles. The monoisotopic (exact) mass is 346 g/mol. The van der Waals surface area contributed by atoms with Crippen molar-refractivity contribution >= 4 is 17.2 Å². The van der Waals surface area contributed by atoms with E-state index in [0.717, 1.165) is 29.3 Å². The van der Waals surface area contributed by atoms with Crippen molar-refractivity contribution in [3.05, 3.63) is 52.2 Å². The van der Waals surface area contributed by atoms with Crippen LogP contribution in [-0.4, -0.2) is 37.6 Å². The third-order valence-corrected chi connectivity index (χ3v) is 5.02. The average Bonchev–Trinajstić information content (AvgIpc) is 3.11. The minimum atomic E-state index is 0.0671. The van der Waals surface area contributed by atoms with E-state index >= 15 is 0 Å². The molecule has 0 aliphatic carbocycles. The van der Waals surface area contributed by atoms with Gasteiger partial charge in [0.15, 0.2) is 0 Å². The molecular weight excluding hydrogens is 320 g/mol. The molecule has 1 N–H and O–H groups in total. The van der Waals surface area contributed by atoms with E-state index in [2.05, 4.69) is 36.2 Å². The Morgan fingerprint density at radius 3 is 2.67 bits per heavy atom. The zero-order valence-electron chi connectivity index (χ0n) is 14.6. The zero-order chi connectivity index (χ0) is 17.4. The van der Waals surface area contributed by atoms with Crippen LogP contribution in [0.3, 0.4) is 0 Å². The summed E-state index contributed by atoms with van der Waals surface area (Å²) in [5, 5.41) is 5.09. The maximum atomic E-state index is 12.2. The van der Waals surface area contributed by atoms with E-state index in [9.17, 15) is 4.79 Å². The van der Waals surface area contributed by atoms with E-state index < -0.39 is 0 Å². The van der Waals surface area contributed by atoms with E-state index in [-0.39, 0.29) is 11.9 Å². The third kappa shape index (κ3) is 5.08. The topological polar surface area (TPSA) is 41.6 Å². The molecule has 130 valence electrons. The summed E-state index contributed by atoms with van der Waals surface area (Å²) in [7, 11) is 1.67. The molecule has 24 heavy (non-hydrogen) atoms. The number of methoxy groups -OCH3 is 1. The quantitative estimate of drug-likeness (QED) is 0.755. The van der Waals surface area contributed by atoms with Gasteiger partial charge < -0.3 is 10.1 Å². The van der Waals surface area contributed by atoms with E-state index in [4.69, 9.17) is 4.74 Å². The standard InChI is InChI=1S/C19H26N2O2S/c1-4-21(5-2)18(15-8-6-9-16(12-15)23-3)14-20-19(22)13-17-10-7-11-24-17/h6-12,18H,4-5,13-14H2,1-3H3,(H,20,22). The second-order valence-corrected chi connectivity index (χ2v) is 6.61. The van der Waals surface area contributed by atoms with Crippen LogP contribution in [0.4, 0.5) is 0 Å². The molecule has 0 spiro atoms. The summed E-state index contributed by atoms with van der Waals surface area (Å²) in [6.07, 6.45) is 0.445. The minimum Gasteiger partial charge on any atom is -0.497 e. The van der Waals surface area contributed by atoms with Gasteiger partial charge in [-0.15, -0.1) is 11.3 Å². The lowest BCUT2D eigenvalue weighted by molar-refractivity contribution is -0.120. The Hall–Kier alpha value is -1.85. The number of likely N-dealkylation sites (N-methyl/N-ethyl adjacent to an activating group) is 1. The number of ether oxygens (including phenoxy) is 1. The Morgan fingerprint density at radius 1 is 1.25 bits per heavy atom. The molecule has 1 heterocycles. The first kappa shape index (κ1) is 18.5. The van der Waals surface area contributed by atoms with Crippen LogP contribution in [-0.2, 0) is 11.2 Å². The number of carbonyl (C=O) groups is 1. The van der Waals surface area contributed by atoms with Crippen molar-refractivity contribution in [2.75, 3.05) is 26.7 Å². The fourth-order valence-electron chi connectivity index (χ4n) is 2.82. The van der Waals surface area contributed by atoms with Crippen molar-refractivity contribution in [2.24, 2.45) is 0 Å². The van der Waals surface area contributed by atoms with E-state index in [1.807, 2.05) is 29.6 Å². The Labute approximate surface area is 148 Å². The summed E-state index contributed by atoms with van der Waals surface area (Å²) in [4.78, 5) is 15.7. The highest BCUT2D eigenvalue weighted by molar-refractivity contribution is 7.10. The largest absolute Gasteiger partial charge is 0.497 e. The summed E-state index contributed by atoms with van der Waals surface area (Å²) in [6.45, 7) is 6.74. The Kier molecular flexibility index (Phi) is 7.28. The molecule has 1 unspecified atom stereocenters. The molecule has 2 aromatic rings. The molecule has 4 nitrogen and oxygen atoms in total. The summed E-state index contributed by atoms with van der Waals surface area (Å²) < 4.78 is 5.34. The van der Waals surface area contributed by atoms with Gasteiger partial charge in [0, 0.05) is 11.4 Å². The van der Waals surface area contributed by atoms with Crippen molar-refractivity contribution in [2.45, 2.75) is 26.3 Å². The number of hydrogen-bond acceptors (Lipinski definition) is 4.